The smallest absolute Gasteiger partial charge is 0.170 e. The fourth-order valence-corrected chi connectivity index (χ4v) is 1.08. The number of furan rings is 1. The van der Waals surface area contributed by atoms with Crippen LogP contribution in [0.2, 0.25) is 0 Å². The zero-order valence-electron chi connectivity index (χ0n) is 6.23. The van der Waals surface area contributed by atoms with Crippen LogP contribution in [0.15, 0.2) is 33.6 Å². The average Bonchev–Trinajstić information content (AvgIpc) is 2.75. The molecule has 2 rings (SSSR count). The largest absolute Gasteiger partial charge is 0.472 e. The van der Waals surface area contributed by atoms with Crippen LogP contribution in [0, 0.1) is 0 Å². The van der Waals surface area contributed by atoms with Crippen LogP contribution in [-0.2, 0) is 5.75 Å². The Morgan fingerprint density at radius 2 is 2.42 bits per heavy atom. The number of thiol groups is 1. The van der Waals surface area contributed by atoms with Gasteiger partial charge in [0.1, 0.15) is 6.26 Å². The van der Waals surface area contributed by atoms with E-state index in [9.17, 15) is 0 Å². The van der Waals surface area contributed by atoms with Crippen molar-refractivity contribution in [2.75, 3.05) is 0 Å². The molecule has 12 heavy (non-hydrogen) atoms. The van der Waals surface area contributed by atoms with Gasteiger partial charge in [0.05, 0.1) is 17.5 Å². The Kier molecular flexibility index (Phi) is 1.91. The summed E-state index contributed by atoms with van der Waals surface area (Å²) in [6.07, 6.45) is 3.21. The van der Waals surface area contributed by atoms with Crippen LogP contribution in [-0.4, -0.2) is 5.16 Å². The van der Waals surface area contributed by atoms with Crippen molar-refractivity contribution in [2.45, 2.75) is 5.75 Å². The first-order chi connectivity index (χ1) is 5.90. The molecule has 0 aliphatic rings. The average molecular weight is 181 g/mol. The molecule has 2 aromatic rings. The maximum absolute atomic E-state index is 5.04. The lowest BCUT2D eigenvalue weighted by Crippen LogP contribution is -1.70. The second-order valence-electron chi connectivity index (χ2n) is 2.35. The SMILES string of the molecule is SCc1cc(-c2ccoc2)on1. The Balaban J connectivity index is 2.35. The molecule has 0 spiro atoms. The van der Waals surface area contributed by atoms with Crippen molar-refractivity contribution in [1.82, 2.24) is 5.16 Å². The summed E-state index contributed by atoms with van der Waals surface area (Å²) in [7, 11) is 0. The minimum Gasteiger partial charge on any atom is -0.472 e. The van der Waals surface area contributed by atoms with Crippen molar-refractivity contribution in [3.05, 3.63) is 30.4 Å². The van der Waals surface area contributed by atoms with E-state index in [2.05, 4.69) is 17.8 Å². The molecule has 0 atom stereocenters. The van der Waals surface area contributed by atoms with Crippen molar-refractivity contribution in [2.24, 2.45) is 0 Å². The van der Waals surface area contributed by atoms with E-state index < -0.39 is 0 Å². The number of aromatic nitrogens is 1. The van der Waals surface area contributed by atoms with Crippen molar-refractivity contribution >= 4 is 12.6 Å². The summed E-state index contributed by atoms with van der Waals surface area (Å²) in [5, 5.41) is 3.80. The Hall–Kier alpha value is -1.16. The molecule has 0 N–H and O–H groups in total. The molecule has 0 fully saturated rings. The third kappa shape index (κ3) is 1.25. The highest BCUT2D eigenvalue weighted by molar-refractivity contribution is 7.79. The van der Waals surface area contributed by atoms with Crippen molar-refractivity contribution < 1.29 is 8.94 Å². The second-order valence-corrected chi connectivity index (χ2v) is 2.67. The van der Waals surface area contributed by atoms with Crippen molar-refractivity contribution in [3.8, 4) is 11.3 Å². The first-order valence-electron chi connectivity index (χ1n) is 3.49. The maximum atomic E-state index is 5.04. The minimum absolute atomic E-state index is 0.585. The number of hydrogen-bond acceptors (Lipinski definition) is 4. The van der Waals surface area contributed by atoms with Crippen LogP contribution in [0.25, 0.3) is 11.3 Å². The molecule has 0 aromatic carbocycles. The van der Waals surface area contributed by atoms with Crippen LogP contribution in [0.3, 0.4) is 0 Å². The van der Waals surface area contributed by atoms with Crippen LogP contribution in [0.1, 0.15) is 5.69 Å². The summed E-state index contributed by atoms with van der Waals surface area (Å²) in [5.41, 5.74) is 1.73. The molecule has 3 nitrogen and oxygen atoms in total. The van der Waals surface area contributed by atoms with Crippen molar-refractivity contribution in [1.29, 1.82) is 0 Å². The van der Waals surface area contributed by atoms with Gasteiger partial charge in [0, 0.05) is 11.8 Å². The predicted molar refractivity (Wildman–Crippen MR) is 46.9 cm³/mol. The molecule has 0 unspecified atom stereocenters. The Morgan fingerprint density at radius 3 is 3.00 bits per heavy atom. The van der Waals surface area contributed by atoms with Gasteiger partial charge < -0.3 is 8.94 Å². The van der Waals surface area contributed by atoms with Gasteiger partial charge in [-0.05, 0) is 6.07 Å². The molecule has 2 aromatic heterocycles. The highest BCUT2D eigenvalue weighted by atomic mass is 32.1. The number of nitrogens with zero attached hydrogens (tertiary/aromatic N) is 1. The van der Waals surface area contributed by atoms with Gasteiger partial charge >= 0.3 is 0 Å². The van der Waals surface area contributed by atoms with E-state index in [1.54, 1.807) is 12.5 Å². The van der Waals surface area contributed by atoms with Gasteiger partial charge in [-0.3, -0.25) is 0 Å². The number of hydrogen-bond donors (Lipinski definition) is 1. The first-order valence-corrected chi connectivity index (χ1v) is 4.12. The lowest BCUT2D eigenvalue weighted by Gasteiger charge is -1.81. The van der Waals surface area contributed by atoms with E-state index >= 15 is 0 Å². The first kappa shape index (κ1) is 7.49. The maximum Gasteiger partial charge on any atom is 0.170 e. The van der Waals surface area contributed by atoms with Crippen LogP contribution in [0.5, 0.6) is 0 Å². The lowest BCUT2D eigenvalue weighted by molar-refractivity contribution is 0.426. The van der Waals surface area contributed by atoms with Crippen molar-refractivity contribution in [3.63, 3.8) is 0 Å². The van der Waals surface area contributed by atoms with Gasteiger partial charge in [-0.15, -0.1) is 0 Å². The van der Waals surface area contributed by atoms with Gasteiger partial charge in [-0.1, -0.05) is 5.16 Å². The third-order valence-corrected chi connectivity index (χ3v) is 1.85. The Morgan fingerprint density at radius 1 is 1.50 bits per heavy atom. The summed E-state index contributed by atoms with van der Waals surface area (Å²) in [6.45, 7) is 0. The van der Waals surface area contributed by atoms with Gasteiger partial charge in [-0.25, -0.2) is 0 Å². The topological polar surface area (TPSA) is 39.2 Å². The van der Waals surface area contributed by atoms with E-state index in [0.29, 0.717) is 11.5 Å². The molecule has 0 saturated carbocycles. The molecule has 0 radical (unpaired) electrons. The van der Waals surface area contributed by atoms with Crippen LogP contribution >= 0.6 is 12.6 Å². The molecule has 62 valence electrons. The van der Waals surface area contributed by atoms with Crippen LogP contribution in [0.4, 0.5) is 0 Å². The Bertz CT molecular complexity index is 353. The highest BCUT2D eigenvalue weighted by Crippen LogP contribution is 2.20. The zero-order chi connectivity index (χ0) is 8.39. The molecule has 0 bridgehead atoms. The minimum atomic E-state index is 0.585. The molecule has 0 aliphatic heterocycles. The fraction of sp³-hybridized carbons (Fsp3) is 0.125. The predicted octanol–water partition coefficient (Wildman–Crippen LogP) is 2.36. The summed E-state index contributed by atoms with van der Waals surface area (Å²) in [6, 6.07) is 3.67. The van der Waals surface area contributed by atoms with Gasteiger partial charge in [-0.2, -0.15) is 12.6 Å². The van der Waals surface area contributed by atoms with E-state index in [-0.39, 0.29) is 0 Å². The van der Waals surface area contributed by atoms with Crippen LogP contribution < -0.4 is 0 Å². The quantitative estimate of drug-likeness (QED) is 0.723. The Labute approximate surface area is 74.8 Å². The summed E-state index contributed by atoms with van der Waals surface area (Å²) < 4.78 is 9.95. The molecular weight excluding hydrogens is 174 g/mol. The van der Waals surface area contributed by atoms with E-state index in [0.717, 1.165) is 11.3 Å². The molecule has 0 aliphatic carbocycles. The second kappa shape index (κ2) is 3.06. The highest BCUT2D eigenvalue weighted by Gasteiger charge is 2.05. The van der Waals surface area contributed by atoms with Gasteiger partial charge in [0.25, 0.3) is 0 Å². The lowest BCUT2D eigenvalue weighted by atomic mass is 10.2. The molecule has 0 amide bonds. The summed E-state index contributed by atoms with van der Waals surface area (Å²) >= 11 is 4.07. The molecule has 0 saturated heterocycles. The standard InChI is InChI=1S/C8H7NO2S/c12-5-7-3-8(11-9-7)6-1-2-10-4-6/h1-4,12H,5H2. The zero-order valence-corrected chi connectivity index (χ0v) is 7.12. The van der Waals surface area contributed by atoms with Gasteiger partial charge in [0.15, 0.2) is 5.76 Å². The summed E-state index contributed by atoms with van der Waals surface area (Å²) in [5.74, 6) is 1.30. The monoisotopic (exact) mass is 181 g/mol. The van der Waals surface area contributed by atoms with E-state index in [1.807, 2.05) is 12.1 Å². The number of rotatable bonds is 2. The van der Waals surface area contributed by atoms with E-state index in [4.69, 9.17) is 8.94 Å². The molecular formula is C8H7NO2S. The third-order valence-electron chi connectivity index (χ3n) is 1.53. The normalized spacial score (nSPS) is 10.4. The molecule has 2 heterocycles. The van der Waals surface area contributed by atoms with Gasteiger partial charge in [0.2, 0.25) is 0 Å². The summed E-state index contributed by atoms with van der Waals surface area (Å²) in [4.78, 5) is 0. The molecule has 4 heteroatoms. The fourth-order valence-electron chi connectivity index (χ4n) is 0.927. The van der Waals surface area contributed by atoms with E-state index in [1.165, 1.54) is 0 Å².